The van der Waals surface area contributed by atoms with Gasteiger partial charge >= 0.3 is 0 Å². The van der Waals surface area contributed by atoms with Gasteiger partial charge in [0, 0.05) is 24.7 Å². The van der Waals surface area contributed by atoms with Crippen molar-refractivity contribution in [1.29, 1.82) is 0 Å². The zero-order valence-corrected chi connectivity index (χ0v) is 13.5. The number of methoxy groups -OCH3 is 1. The topological polar surface area (TPSA) is 49.9 Å². The largest absolute Gasteiger partial charge is 0.495 e. The van der Waals surface area contributed by atoms with Gasteiger partial charge in [0.1, 0.15) is 11.8 Å². The van der Waals surface area contributed by atoms with Crippen LogP contribution in [0.25, 0.3) is 0 Å². The van der Waals surface area contributed by atoms with Crippen molar-refractivity contribution in [2.45, 2.75) is 31.8 Å². The number of hydrogen-bond donors (Lipinski definition) is 0. The van der Waals surface area contributed by atoms with Crippen molar-refractivity contribution < 1.29 is 14.3 Å². The van der Waals surface area contributed by atoms with Crippen LogP contribution in [0.15, 0.2) is 18.2 Å². The maximum absolute atomic E-state index is 12.8. The van der Waals surface area contributed by atoms with Crippen LogP contribution in [0.3, 0.4) is 0 Å². The van der Waals surface area contributed by atoms with Crippen molar-refractivity contribution in [2.24, 2.45) is 0 Å². The molecule has 2 aliphatic heterocycles. The van der Waals surface area contributed by atoms with Crippen molar-refractivity contribution in [3.8, 4) is 5.75 Å². The molecule has 2 amide bonds. The molecule has 2 fully saturated rings. The monoisotopic (exact) mass is 322 g/mol. The fourth-order valence-electron chi connectivity index (χ4n) is 3.30. The maximum atomic E-state index is 12.8. The second kappa shape index (κ2) is 5.80. The number of nitrogens with zero attached hydrogens (tertiary/aromatic N) is 2. The fourth-order valence-corrected chi connectivity index (χ4v) is 3.56. The Labute approximate surface area is 134 Å². The van der Waals surface area contributed by atoms with Gasteiger partial charge in [-0.3, -0.25) is 9.59 Å². The predicted octanol–water partition coefficient (Wildman–Crippen LogP) is 2.18. The van der Waals surface area contributed by atoms with E-state index in [0.29, 0.717) is 22.9 Å². The van der Waals surface area contributed by atoms with Crippen LogP contribution in [0.5, 0.6) is 5.75 Å². The SMILES string of the molecule is COc1ccc(C(=O)N2C[C@@H]3CCCN3C(=O)[C@@H]2C)cc1Cl. The normalized spacial score (nSPS) is 24.4. The highest BCUT2D eigenvalue weighted by atomic mass is 35.5. The summed E-state index contributed by atoms with van der Waals surface area (Å²) in [6, 6.07) is 4.68. The highest BCUT2D eigenvalue weighted by Gasteiger charge is 2.42. The molecule has 1 aromatic rings. The van der Waals surface area contributed by atoms with Gasteiger partial charge in [0.15, 0.2) is 0 Å². The lowest BCUT2D eigenvalue weighted by Gasteiger charge is -2.41. The molecule has 22 heavy (non-hydrogen) atoms. The smallest absolute Gasteiger partial charge is 0.254 e. The van der Waals surface area contributed by atoms with Crippen LogP contribution >= 0.6 is 11.6 Å². The number of halogens is 1. The number of benzene rings is 1. The first-order valence-corrected chi connectivity index (χ1v) is 7.85. The van der Waals surface area contributed by atoms with Crippen molar-refractivity contribution in [3.05, 3.63) is 28.8 Å². The summed E-state index contributed by atoms with van der Waals surface area (Å²) in [6.45, 7) is 3.19. The summed E-state index contributed by atoms with van der Waals surface area (Å²) in [7, 11) is 1.53. The van der Waals surface area contributed by atoms with Gasteiger partial charge in [-0.1, -0.05) is 11.6 Å². The van der Waals surface area contributed by atoms with Gasteiger partial charge in [-0.15, -0.1) is 0 Å². The Morgan fingerprint density at radius 1 is 1.41 bits per heavy atom. The Hall–Kier alpha value is -1.75. The number of fused-ring (bicyclic) bond motifs is 1. The minimum absolute atomic E-state index is 0.0432. The number of hydrogen-bond acceptors (Lipinski definition) is 3. The lowest BCUT2D eigenvalue weighted by atomic mass is 10.1. The minimum Gasteiger partial charge on any atom is -0.495 e. The lowest BCUT2D eigenvalue weighted by Crippen LogP contribution is -2.60. The Kier molecular flexibility index (Phi) is 4.00. The Bertz CT molecular complexity index is 619. The molecule has 0 spiro atoms. The molecule has 2 aliphatic rings. The van der Waals surface area contributed by atoms with Crippen LogP contribution in [-0.2, 0) is 4.79 Å². The molecule has 6 heteroatoms. The molecule has 0 aromatic heterocycles. The molecule has 0 aliphatic carbocycles. The standard InChI is InChI=1S/C16H19ClN2O3/c1-10-15(20)18-7-3-4-12(18)9-19(10)16(21)11-5-6-14(22-2)13(17)8-11/h5-6,8,10,12H,3-4,7,9H2,1-2H3/t10-,12-/m0/s1. The average Bonchev–Trinajstić information content (AvgIpc) is 2.98. The molecule has 3 rings (SSSR count). The Morgan fingerprint density at radius 2 is 2.18 bits per heavy atom. The van der Waals surface area contributed by atoms with Crippen LogP contribution in [0.4, 0.5) is 0 Å². The first-order valence-electron chi connectivity index (χ1n) is 7.48. The summed E-state index contributed by atoms with van der Waals surface area (Å²) in [5.74, 6) is 0.418. The molecule has 0 bridgehead atoms. The van der Waals surface area contributed by atoms with Crippen molar-refractivity contribution >= 4 is 23.4 Å². The number of amides is 2. The summed E-state index contributed by atoms with van der Waals surface area (Å²) in [5.41, 5.74) is 0.483. The van der Waals surface area contributed by atoms with E-state index < -0.39 is 6.04 Å². The zero-order chi connectivity index (χ0) is 15.9. The van der Waals surface area contributed by atoms with E-state index in [0.717, 1.165) is 19.4 Å². The quantitative estimate of drug-likeness (QED) is 0.838. The van der Waals surface area contributed by atoms with Gasteiger partial charge in [-0.2, -0.15) is 0 Å². The molecule has 1 aromatic carbocycles. The van der Waals surface area contributed by atoms with E-state index in [4.69, 9.17) is 16.3 Å². The van der Waals surface area contributed by atoms with Crippen molar-refractivity contribution in [1.82, 2.24) is 9.80 Å². The lowest BCUT2D eigenvalue weighted by molar-refractivity contribution is -0.141. The van der Waals surface area contributed by atoms with E-state index in [1.165, 1.54) is 7.11 Å². The highest BCUT2D eigenvalue weighted by molar-refractivity contribution is 6.32. The summed E-state index contributed by atoms with van der Waals surface area (Å²) in [4.78, 5) is 28.7. The predicted molar refractivity (Wildman–Crippen MR) is 83.2 cm³/mol. The van der Waals surface area contributed by atoms with E-state index in [1.54, 1.807) is 30.0 Å². The van der Waals surface area contributed by atoms with Crippen LogP contribution in [0.1, 0.15) is 30.1 Å². The number of rotatable bonds is 2. The molecule has 0 saturated carbocycles. The summed E-state index contributed by atoms with van der Waals surface area (Å²) in [5, 5.41) is 0.395. The Balaban J connectivity index is 1.85. The highest BCUT2D eigenvalue weighted by Crippen LogP contribution is 2.29. The third-order valence-corrected chi connectivity index (χ3v) is 4.85. The molecule has 118 valence electrons. The second-order valence-electron chi connectivity index (χ2n) is 5.81. The van der Waals surface area contributed by atoms with Crippen molar-refractivity contribution in [3.63, 3.8) is 0 Å². The van der Waals surface area contributed by atoms with Crippen LogP contribution in [0, 0.1) is 0 Å². The number of piperazine rings is 1. The first kappa shape index (κ1) is 15.2. The van der Waals surface area contributed by atoms with Gasteiger partial charge in [0.2, 0.25) is 5.91 Å². The third kappa shape index (κ3) is 2.43. The maximum Gasteiger partial charge on any atom is 0.254 e. The van der Waals surface area contributed by atoms with E-state index in [-0.39, 0.29) is 17.9 Å². The number of carbonyl (C=O) groups is 2. The fraction of sp³-hybridized carbons (Fsp3) is 0.500. The van der Waals surface area contributed by atoms with Crippen molar-refractivity contribution in [2.75, 3.05) is 20.2 Å². The molecule has 0 unspecified atom stereocenters. The Morgan fingerprint density at radius 3 is 2.86 bits per heavy atom. The number of carbonyl (C=O) groups excluding carboxylic acids is 2. The molecule has 2 saturated heterocycles. The summed E-state index contributed by atoms with van der Waals surface area (Å²) in [6.07, 6.45) is 1.98. The van der Waals surface area contributed by atoms with Gasteiger partial charge < -0.3 is 14.5 Å². The molecular weight excluding hydrogens is 304 g/mol. The average molecular weight is 323 g/mol. The van der Waals surface area contributed by atoms with E-state index in [9.17, 15) is 9.59 Å². The van der Waals surface area contributed by atoms with Crippen LogP contribution in [0.2, 0.25) is 5.02 Å². The first-order chi connectivity index (χ1) is 10.5. The molecule has 5 nitrogen and oxygen atoms in total. The van der Waals surface area contributed by atoms with Gasteiger partial charge in [0.25, 0.3) is 5.91 Å². The number of ether oxygens (including phenoxy) is 1. The molecular formula is C16H19ClN2O3. The molecule has 2 heterocycles. The van der Waals surface area contributed by atoms with Gasteiger partial charge in [-0.25, -0.2) is 0 Å². The molecule has 0 N–H and O–H groups in total. The second-order valence-corrected chi connectivity index (χ2v) is 6.22. The van der Waals surface area contributed by atoms with Gasteiger partial charge in [-0.05, 0) is 38.0 Å². The summed E-state index contributed by atoms with van der Waals surface area (Å²) < 4.78 is 5.10. The van der Waals surface area contributed by atoms with E-state index in [2.05, 4.69) is 0 Å². The molecule has 0 radical (unpaired) electrons. The molecule has 2 atom stereocenters. The van der Waals surface area contributed by atoms with E-state index in [1.807, 2.05) is 4.90 Å². The van der Waals surface area contributed by atoms with E-state index >= 15 is 0 Å². The van der Waals surface area contributed by atoms with Crippen LogP contribution < -0.4 is 4.74 Å². The third-order valence-electron chi connectivity index (χ3n) is 4.55. The zero-order valence-electron chi connectivity index (χ0n) is 12.7. The van der Waals surface area contributed by atoms with Crippen LogP contribution in [-0.4, -0.2) is 53.9 Å². The minimum atomic E-state index is -0.428. The van der Waals surface area contributed by atoms with Gasteiger partial charge in [0.05, 0.1) is 12.1 Å². The summed E-state index contributed by atoms with van der Waals surface area (Å²) >= 11 is 6.10.